The van der Waals surface area contributed by atoms with Gasteiger partial charge < -0.3 is 25.9 Å². The Kier molecular flexibility index (Phi) is 10.5. The molecule has 0 saturated heterocycles. The van der Waals surface area contributed by atoms with Gasteiger partial charge in [0.2, 0.25) is 0 Å². The summed E-state index contributed by atoms with van der Waals surface area (Å²) < 4.78 is 33.5. The molecule has 0 heterocycles. The summed E-state index contributed by atoms with van der Waals surface area (Å²) in [5.41, 5.74) is 0. The van der Waals surface area contributed by atoms with Crippen molar-refractivity contribution in [2.45, 2.75) is 40.8 Å². The number of hydrogen-bond acceptors (Lipinski definition) is 6. The van der Waals surface area contributed by atoms with Crippen LogP contribution < -0.4 is 0 Å². The first-order valence-electron chi connectivity index (χ1n) is 6.99. The molecule has 0 aliphatic heterocycles. The largest absolute Gasteiger partial charge is 0.604 e. The van der Waals surface area contributed by atoms with Crippen LogP contribution in [0.2, 0.25) is 13.1 Å². The topological polar surface area (TPSA) is 55.4 Å². The van der Waals surface area contributed by atoms with Crippen molar-refractivity contribution in [3.63, 3.8) is 0 Å². The van der Waals surface area contributed by atoms with E-state index in [4.69, 9.17) is 48.1 Å². The van der Waals surface area contributed by atoms with Gasteiger partial charge in [-0.3, -0.25) is 0 Å². The molecule has 0 unspecified atom stereocenters. The van der Waals surface area contributed by atoms with Crippen LogP contribution >= 0.6 is 22.2 Å². The van der Waals surface area contributed by atoms with Gasteiger partial charge in [-0.1, -0.05) is 22.2 Å². The highest BCUT2D eigenvalue weighted by Gasteiger charge is 2.52. The smallest absolute Gasteiger partial charge is 0.381 e. The van der Waals surface area contributed by atoms with Crippen LogP contribution in [0.1, 0.15) is 27.7 Å². The van der Waals surface area contributed by atoms with Crippen molar-refractivity contribution in [1.82, 2.24) is 0 Å². The van der Waals surface area contributed by atoms with Gasteiger partial charge in [-0.05, 0) is 40.8 Å². The lowest BCUT2D eigenvalue weighted by molar-refractivity contribution is 0.105. The van der Waals surface area contributed by atoms with Crippen LogP contribution in [0.5, 0.6) is 0 Å². The van der Waals surface area contributed by atoms with E-state index in [0.717, 1.165) is 0 Å². The fourth-order valence-electron chi connectivity index (χ4n) is 1.50. The minimum absolute atomic E-state index is 0.389. The molecule has 6 nitrogen and oxygen atoms in total. The summed E-state index contributed by atoms with van der Waals surface area (Å²) >= 11 is 12.6. The van der Waals surface area contributed by atoms with Gasteiger partial charge in [-0.2, -0.15) is 0 Å². The average Bonchev–Trinajstić information content (AvgIpc) is 2.27. The monoisotopic (exact) mass is 396 g/mol. The highest BCUT2D eigenvalue weighted by molar-refractivity contribution is 7.14. The molecule has 0 N–H and O–H groups in total. The molecule has 0 fully saturated rings. The summed E-state index contributed by atoms with van der Waals surface area (Å²) in [7, 11) is -9.30. The van der Waals surface area contributed by atoms with Crippen LogP contribution in [-0.4, -0.2) is 51.2 Å². The van der Waals surface area contributed by atoms with Crippen molar-refractivity contribution in [2.24, 2.45) is 0 Å². The fraction of sp³-hybridized carbons (Fsp3) is 1.00. The van der Waals surface area contributed by atoms with Gasteiger partial charge in [0, 0.05) is 26.4 Å². The maximum Gasteiger partial charge on any atom is 0.604 e. The summed E-state index contributed by atoms with van der Waals surface area (Å²) in [5.74, 6) is 0. The predicted octanol–water partition coefficient (Wildman–Crippen LogP) is 3.22. The Morgan fingerprint density at radius 2 is 0.857 bits per heavy atom. The molecule has 0 aliphatic carbocycles. The lowest BCUT2D eigenvalue weighted by Crippen LogP contribution is -2.57. The van der Waals surface area contributed by atoms with Gasteiger partial charge >= 0.3 is 24.8 Å². The van der Waals surface area contributed by atoms with Crippen LogP contribution in [0.25, 0.3) is 0 Å². The minimum Gasteiger partial charge on any atom is -0.381 e. The van der Waals surface area contributed by atoms with E-state index in [-0.39, 0.29) is 0 Å². The third-order valence-electron chi connectivity index (χ3n) is 2.00. The van der Waals surface area contributed by atoms with Crippen LogP contribution in [-0.2, 0) is 25.9 Å². The molecule has 0 aliphatic rings. The first-order chi connectivity index (χ1) is 9.66. The molecule has 11 heteroatoms. The Hall–Kier alpha value is 0.991. The second-order valence-corrected chi connectivity index (χ2v) is 14.6. The summed E-state index contributed by atoms with van der Waals surface area (Å²) in [6.07, 6.45) is 0. The Bertz CT molecular complexity index is 260. The van der Waals surface area contributed by atoms with Gasteiger partial charge in [-0.15, -0.1) is 0 Å². The SMILES string of the molecule is CCO[Si](Cl)(OCC)O[Si](C)(C)O[Si](Cl)(OCC)OCC. The molecule has 0 rings (SSSR count). The molecule has 0 amide bonds. The molecule has 0 aromatic heterocycles. The Morgan fingerprint density at radius 1 is 0.619 bits per heavy atom. The molecule has 0 atom stereocenters. The van der Waals surface area contributed by atoms with Crippen LogP contribution in [0.4, 0.5) is 0 Å². The van der Waals surface area contributed by atoms with Crippen LogP contribution in [0, 0.1) is 0 Å². The number of halogens is 2. The quantitative estimate of drug-likeness (QED) is 0.372. The van der Waals surface area contributed by atoms with E-state index < -0.39 is 24.8 Å². The van der Waals surface area contributed by atoms with E-state index in [9.17, 15) is 0 Å². The molecule has 0 bridgehead atoms. The lowest BCUT2D eigenvalue weighted by atomic mass is 10.9. The molecule has 0 aromatic carbocycles. The van der Waals surface area contributed by atoms with Gasteiger partial charge in [0.1, 0.15) is 0 Å². The zero-order valence-corrected chi connectivity index (χ0v) is 18.0. The van der Waals surface area contributed by atoms with E-state index in [0.29, 0.717) is 26.4 Å². The first kappa shape index (κ1) is 22.0. The summed E-state index contributed by atoms with van der Waals surface area (Å²) in [6.45, 7) is 12.5. The standard InChI is InChI=1S/C10H26Cl2O6Si3/c1-7-13-20(11,14-8-2)17-19(5,6)18-21(12,15-9-3)16-10-4/h7-10H2,1-6H3. The molecule has 0 spiro atoms. The predicted molar refractivity (Wildman–Crippen MR) is 89.4 cm³/mol. The van der Waals surface area contributed by atoms with Crippen molar-refractivity contribution in [1.29, 1.82) is 0 Å². The van der Waals surface area contributed by atoms with Crippen molar-refractivity contribution in [2.75, 3.05) is 26.4 Å². The molecule has 0 aromatic rings. The molecule has 0 radical (unpaired) electrons. The lowest BCUT2D eigenvalue weighted by Gasteiger charge is -2.35. The molecule has 128 valence electrons. The first-order valence-corrected chi connectivity index (χ1v) is 15.3. The van der Waals surface area contributed by atoms with Crippen molar-refractivity contribution in [3.05, 3.63) is 0 Å². The summed E-state index contributed by atoms with van der Waals surface area (Å²) in [5, 5.41) is 0. The second kappa shape index (κ2) is 9.98. The maximum absolute atomic E-state index is 6.32. The third-order valence-corrected chi connectivity index (χ3v) is 13.1. The van der Waals surface area contributed by atoms with Gasteiger partial charge in [0.25, 0.3) is 0 Å². The Labute approximate surface area is 140 Å². The third kappa shape index (κ3) is 9.01. The zero-order chi connectivity index (χ0) is 16.6. The fourth-order valence-corrected chi connectivity index (χ4v) is 13.9. The Morgan fingerprint density at radius 3 is 1.05 bits per heavy atom. The second-order valence-electron chi connectivity index (χ2n) is 4.30. The van der Waals surface area contributed by atoms with Crippen molar-refractivity contribution < 1.29 is 25.9 Å². The Balaban J connectivity index is 4.91. The number of rotatable bonds is 12. The summed E-state index contributed by atoms with van der Waals surface area (Å²) in [6, 6.07) is 0. The maximum atomic E-state index is 6.32. The van der Waals surface area contributed by atoms with E-state index >= 15 is 0 Å². The summed E-state index contributed by atoms with van der Waals surface area (Å²) in [4.78, 5) is 0. The van der Waals surface area contributed by atoms with Crippen LogP contribution in [0.15, 0.2) is 0 Å². The van der Waals surface area contributed by atoms with Gasteiger partial charge in [0.15, 0.2) is 0 Å². The van der Waals surface area contributed by atoms with Gasteiger partial charge in [-0.25, -0.2) is 0 Å². The minimum atomic E-state index is -3.27. The van der Waals surface area contributed by atoms with E-state index in [1.165, 1.54) is 0 Å². The zero-order valence-electron chi connectivity index (χ0n) is 13.5. The highest BCUT2D eigenvalue weighted by Crippen LogP contribution is 2.27. The number of hydrogen-bond donors (Lipinski definition) is 0. The molecule has 21 heavy (non-hydrogen) atoms. The molecular formula is C10H26Cl2O6Si3. The van der Waals surface area contributed by atoms with Crippen LogP contribution in [0.3, 0.4) is 0 Å². The average molecular weight is 397 g/mol. The highest BCUT2D eigenvalue weighted by atomic mass is 35.6. The van der Waals surface area contributed by atoms with Crippen molar-refractivity contribution in [3.8, 4) is 0 Å². The normalized spacial score (nSPS) is 13.7. The molecular weight excluding hydrogens is 371 g/mol. The van der Waals surface area contributed by atoms with Crippen molar-refractivity contribution >= 4 is 46.9 Å². The molecule has 0 saturated carbocycles. The van der Waals surface area contributed by atoms with E-state index in [1.807, 2.05) is 27.7 Å². The van der Waals surface area contributed by atoms with E-state index in [2.05, 4.69) is 0 Å². The van der Waals surface area contributed by atoms with Gasteiger partial charge in [0.05, 0.1) is 0 Å². The van der Waals surface area contributed by atoms with E-state index in [1.54, 1.807) is 13.1 Å².